The molecule has 0 fully saturated rings. The van der Waals surface area contributed by atoms with E-state index in [2.05, 4.69) is 15.3 Å². The van der Waals surface area contributed by atoms with E-state index in [4.69, 9.17) is 0 Å². The first-order chi connectivity index (χ1) is 11.6. The van der Waals surface area contributed by atoms with Crippen LogP contribution in [0.25, 0.3) is 0 Å². The van der Waals surface area contributed by atoms with E-state index in [1.807, 2.05) is 61.3 Å². The molecule has 0 aliphatic carbocycles. The molecule has 0 aliphatic heterocycles. The molecule has 0 unspecified atom stereocenters. The number of hydrogen-bond donors (Lipinski definition) is 1. The Labute approximate surface area is 142 Å². The monoisotopic (exact) mass is 320 g/mol. The van der Waals surface area contributed by atoms with Crippen molar-refractivity contribution in [3.63, 3.8) is 0 Å². The second-order valence-corrected chi connectivity index (χ2v) is 5.53. The minimum Gasteiger partial charge on any atom is -0.342 e. The predicted molar refractivity (Wildman–Crippen MR) is 97.8 cm³/mol. The van der Waals surface area contributed by atoms with Gasteiger partial charge in [0.2, 0.25) is 0 Å². The number of nitrogens with zero attached hydrogens (tertiary/aromatic N) is 3. The number of aryl methyl sites for hydroxylation is 1. The molecule has 0 atom stereocenters. The minimum absolute atomic E-state index is 0. The molecule has 5 heteroatoms. The Morgan fingerprint density at radius 3 is 2.54 bits per heavy atom. The maximum Gasteiger partial charge on any atom is 0.255 e. The number of benzene rings is 2. The lowest BCUT2D eigenvalue weighted by Gasteiger charge is -2.19. The third-order valence-electron chi connectivity index (χ3n) is 3.71. The van der Waals surface area contributed by atoms with Gasteiger partial charge < -0.3 is 10.2 Å². The molecule has 3 aromatic rings. The fourth-order valence-electron chi connectivity index (χ4n) is 2.40. The zero-order valence-electron chi connectivity index (χ0n) is 13.6. The molecule has 1 aromatic heterocycles. The smallest absolute Gasteiger partial charge is 0.255 e. The van der Waals surface area contributed by atoms with Crippen LogP contribution in [0.4, 0.5) is 17.1 Å². The molecule has 0 saturated carbocycles. The van der Waals surface area contributed by atoms with Crippen LogP contribution >= 0.6 is 0 Å². The second kappa shape index (κ2) is 6.91. The summed E-state index contributed by atoms with van der Waals surface area (Å²) in [6.07, 6.45) is 4.98. The summed E-state index contributed by atoms with van der Waals surface area (Å²) in [6.45, 7) is 1.97. The van der Waals surface area contributed by atoms with Crippen molar-refractivity contribution >= 4 is 23.0 Å². The van der Waals surface area contributed by atoms with Crippen LogP contribution < -0.4 is 10.2 Å². The van der Waals surface area contributed by atoms with Crippen LogP contribution in [0.1, 0.15) is 17.3 Å². The number of anilines is 3. The first-order valence-corrected chi connectivity index (χ1v) is 7.60. The molecule has 1 N–H and O–H groups in total. The van der Waals surface area contributed by atoms with Gasteiger partial charge in [0.15, 0.2) is 0 Å². The summed E-state index contributed by atoms with van der Waals surface area (Å²) in [4.78, 5) is 22.4. The van der Waals surface area contributed by atoms with Crippen molar-refractivity contribution in [2.75, 3.05) is 17.3 Å². The number of aromatic nitrogens is 2. The largest absolute Gasteiger partial charge is 0.342 e. The summed E-state index contributed by atoms with van der Waals surface area (Å²) in [6, 6.07) is 15.2. The number of carbonyl (C=O) groups excluding carboxylic acids is 1. The quantitative estimate of drug-likeness (QED) is 0.788. The second-order valence-electron chi connectivity index (χ2n) is 5.53. The number of nitrogens with one attached hydrogen (secondary N) is 1. The molecule has 122 valence electrons. The molecule has 0 aliphatic rings. The molecule has 24 heavy (non-hydrogen) atoms. The van der Waals surface area contributed by atoms with Gasteiger partial charge in [-0.1, -0.05) is 23.8 Å². The van der Waals surface area contributed by atoms with E-state index in [9.17, 15) is 4.79 Å². The lowest BCUT2D eigenvalue weighted by atomic mass is 10.1. The van der Waals surface area contributed by atoms with Crippen molar-refractivity contribution in [1.29, 1.82) is 0 Å². The highest BCUT2D eigenvalue weighted by atomic mass is 16.1. The minimum atomic E-state index is -0.124. The number of amides is 1. The first-order valence-electron chi connectivity index (χ1n) is 7.60. The summed E-state index contributed by atoms with van der Waals surface area (Å²) in [7, 11) is 1.93. The predicted octanol–water partition coefficient (Wildman–Crippen LogP) is 4.05. The molecule has 2 aromatic carbocycles. The van der Waals surface area contributed by atoms with Crippen LogP contribution in [0.3, 0.4) is 0 Å². The Hall–Kier alpha value is -3.21. The van der Waals surface area contributed by atoms with E-state index in [0.717, 1.165) is 22.6 Å². The summed E-state index contributed by atoms with van der Waals surface area (Å²) < 4.78 is 0. The van der Waals surface area contributed by atoms with E-state index in [1.165, 1.54) is 6.33 Å². The molecular formula is C19H20N4O. The molecule has 0 bridgehead atoms. The van der Waals surface area contributed by atoms with Crippen LogP contribution in [-0.2, 0) is 0 Å². The van der Waals surface area contributed by atoms with Crippen molar-refractivity contribution in [3.05, 3.63) is 78.4 Å². The third kappa shape index (κ3) is 3.57. The first kappa shape index (κ1) is 15.7. The van der Waals surface area contributed by atoms with Gasteiger partial charge in [0, 0.05) is 25.4 Å². The van der Waals surface area contributed by atoms with Gasteiger partial charge in [0.05, 0.1) is 18.1 Å². The lowest BCUT2D eigenvalue weighted by Crippen LogP contribution is -2.13. The van der Waals surface area contributed by atoms with Crippen LogP contribution in [0.2, 0.25) is 0 Å². The summed E-state index contributed by atoms with van der Waals surface area (Å²) in [5.41, 5.74) is 4.25. The zero-order chi connectivity index (χ0) is 16.9. The van der Waals surface area contributed by atoms with E-state index in [-0.39, 0.29) is 7.33 Å². The summed E-state index contributed by atoms with van der Waals surface area (Å²) in [5, 5.41) is 2.94. The molecule has 0 radical (unpaired) electrons. The molecule has 1 amide bonds. The number of carbonyl (C=O) groups is 1. The third-order valence-corrected chi connectivity index (χ3v) is 3.71. The highest BCUT2D eigenvalue weighted by molar-refractivity contribution is 6.04. The van der Waals surface area contributed by atoms with Crippen LogP contribution in [-0.4, -0.2) is 22.9 Å². The Morgan fingerprint density at radius 1 is 1.04 bits per heavy atom. The van der Waals surface area contributed by atoms with E-state index in [1.54, 1.807) is 18.5 Å². The number of rotatable bonds is 4. The number of hydrogen-bond acceptors (Lipinski definition) is 4. The van der Waals surface area contributed by atoms with E-state index < -0.39 is 0 Å². The molecule has 0 saturated heterocycles. The van der Waals surface area contributed by atoms with Crippen molar-refractivity contribution in [1.82, 2.24) is 9.97 Å². The topological polar surface area (TPSA) is 58.1 Å². The fourth-order valence-corrected chi connectivity index (χ4v) is 2.40. The Bertz CT molecular complexity index is 855. The van der Waals surface area contributed by atoms with Crippen molar-refractivity contribution in [2.24, 2.45) is 0 Å². The Kier molecular flexibility index (Phi) is 4.52. The van der Waals surface area contributed by atoms with Gasteiger partial charge in [-0.3, -0.25) is 4.79 Å². The Balaban J connectivity index is 0.00000225. The maximum atomic E-state index is 12.4. The Morgan fingerprint density at radius 2 is 1.79 bits per heavy atom. The van der Waals surface area contributed by atoms with Gasteiger partial charge in [-0.05, 0) is 37.3 Å². The normalized spacial score (nSPS) is 10.2. The van der Waals surface area contributed by atoms with Crippen molar-refractivity contribution in [3.8, 4) is 0 Å². The molecular weight excluding hydrogens is 300 g/mol. The van der Waals surface area contributed by atoms with Gasteiger partial charge in [-0.2, -0.15) is 0 Å². The zero-order valence-corrected chi connectivity index (χ0v) is 13.6. The SMILES string of the molecule is Cc1cccc(C(=O)Nc2cccc(N(C)c3cncnc3)c2)c1.[HH]. The van der Waals surface area contributed by atoms with Crippen molar-refractivity contribution < 1.29 is 6.22 Å². The molecule has 1 heterocycles. The van der Waals surface area contributed by atoms with E-state index in [0.29, 0.717) is 5.56 Å². The van der Waals surface area contributed by atoms with Crippen LogP contribution in [0, 0.1) is 6.92 Å². The fraction of sp³-hybridized carbons (Fsp3) is 0.105. The highest BCUT2D eigenvalue weighted by Crippen LogP contribution is 2.25. The lowest BCUT2D eigenvalue weighted by molar-refractivity contribution is 0.102. The molecule has 0 spiro atoms. The van der Waals surface area contributed by atoms with Crippen LogP contribution in [0.15, 0.2) is 67.3 Å². The van der Waals surface area contributed by atoms with Gasteiger partial charge in [-0.25, -0.2) is 9.97 Å². The summed E-state index contributed by atoms with van der Waals surface area (Å²) in [5.74, 6) is -0.124. The van der Waals surface area contributed by atoms with Gasteiger partial charge in [-0.15, -0.1) is 0 Å². The van der Waals surface area contributed by atoms with Crippen molar-refractivity contribution in [2.45, 2.75) is 6.92 Å². The van der Waals surface area contributed by atoms with Gasteiger partial charge >= 0.3 is 0 Å². The maximum absolute atomic E-state index is 12.4. The summed E-state index contributed by atoms with van der Waals surface area (Å²) >= 11 is 0. The highest BCUT2D eigenvalue weighted by Gasteiger charge is 2.09. The average Bonchev–Trinajstić information content (AvgIpc) is 2.62. The average molecular weight is 320 g/mol. The standard InChI is InChI=1S/C19H18N4O.H2/c1-14-5-3-6-15(9-14)19(24)22-16-7-4-8-17(10-16)23(2)18-11-20-13-21-12-18;/h3-13H,1-2H3,(H,22,24);1H. The van der Waals surface area contributed by atoms with Gasteiger partial charge in [0.25, 0.3) is 5.91 Å². The molecule has 3 rings (SSSR count). The van der Waals surface area contributed by atoms with Crippen LogP contribution in [0.5, 0.6) is 0 Å². The van der Waals surface area contributed by atoms with Gasteiger partial charge in [0.1, 0.15) is 6.33 Å². The van der Waals surface area contributed by atoms with E-state index >= 15 is 0 Å². The molecule has 5 nitrogen and oxygen atoms in total.